The van der Waals surface area contributed by atoms with Crippen molar-refractivity contribution in [2.75, 3.05) is 13.7 Å². The minimum absolute atomic E-state index is 0.0229. The van der Waals surface area contributed by atoms with Crippen LogP contribution in [-0.4, -0.2) is 37.7 Å². The number of esters is 2. The van der Waals surface area contributed by atoms with Gasteiger partial charge in [-0.1, -0.05) is 13.8 Å². The number of hydrogen-bond donors (Lipinski definition) is 2. The van der Waals surface area contributed by atoms with Crippen LogP contribution in [0.1, 0.15) is 13.8 Å². The number of nitrogens with two attached hydrogens (primary N) is 1. The van der Waals surface area contributed by atoms with Crippen LogP contribution in [0.5, 0.6) is 0 Å². The van der Waals surface area contributed by atoms with Gasteiger partial charge < -0.3 is 20.5 Å². The Morgan fingerprint density at radius 1 is 1.22 bits per heavy atom. The Kier molecular flexibility index (Phi) is 7.18. The fourth-order valence-corrected chi connectivity index (χ4v) is 1.01. The maximum Gasteiger partial charge on any atom is 0.331 e. The molecule has 0 heterocycles. The molecule has 0 radical (unpaired) electrons. The van der Waals surface area contributed by atoms with Crippen molar-refractivity contribution < 1.29 is 23.9 Å². The summed E-state index contributed by atoms with van der Waals surface area (Å²) in [5.74, 6) is -1.30. The van der Waals surface area contributed by atoms with Crippen LogP contribution >= 0.6 is 0 Å². The standard InChI is InChI=1S/C11H18N2O5/c1-7(2)8(13-11(12)16)6-18-10(15)5-4-9(14)17-3/h4-5,7-8H,6H2,1-3H3,(H3,12,13,16)/b5-4+/t8-/m1/s1. The highest BCUT2D eigenvalue weighted by Gasteiger charge is 2.16. The van der Waals surface area contributed by atoms with Gasteiger partial charge in [0.05, 0.1) is 13.2 Å². The van der Waals surface area contributed by atoms with Crippen LogP contribution in [0.25, 0.3) is 0 Å². The second kappa shape index (κ2) is 8.10. The van der Waals surface area contributed by atoms with Gasteiger partial charge in [-0.3, -0.25) is 0 Å². The second-order valence-electron chi connectivity index (χ2n) is 3.85. The predicted molar refractivity (Wildman–Crippen MR) is 63.5 cm³/mol. The third-order valence-corrected chi connectivity index (χ3v) is 2.09. The van der Waals surface area contributed by atoms with Crippen LogP contribution in [0.3, 0.4) is 0 Å². The Morgan fingerprint density at radius 2 is 1.78 bits per heavy atom. The Hall–Kier alpha value is -2.05. The predicted octanol–water partition coefficient (Wildman–Crippen LogP) is -0.0483. The number of hydrogen-bond acceptors (Lipinski definition) is 5. The molecule has 102 valence electrons. The zero-order chi connectivity index (χ0) is 14.1. The lowest BCUT2D eigenvalue weighted by Gasteiger charge is -2.20. The van der Waals surface area contributed by atoms with Gasteiger partial charge >= 0.3 is 18.0 Å². The fourth-order valence-electron chi connectivity index (χ4n) is 1.01. The molecule has 0 aromatic rings. The van der Waals surface area contributed by atoms with E-state index in [0.717, 1.165) is 12.2 Å². The molecule has 0 unspecified atom stereocenters. The molecule has 0 saturated carbocycles. The highest BCUT2D eigenvalue weighted by molar-refractivity contribution is 5.91. The average molecular weight is 258 g/mol. The molecule has 0 aliphatic heterocycles. The summed E-state index contributed by atoms with van der Waals surface area (Å²) in [6, 6.07) is -1.06. The van der Waals surface area contributed by atoms with Gasteiger partial charge in [-0.25, -0.2) is 14.4 Å². The molecular formula is C11H18N2O5. The molecule has 0 aromatic carbocycles. The Morgan fingerprint density at radius 3 is 2.22 bits per heavy atom. The van der Waals surface area contributed by atoms with Gasteiger partial charge in [0.1, 0.15) is 6.61 Å². The molecule has 0 bridgehead atoms. The fraction of sp³-hybridized carbons (Fsp3) is 0.545. The first kappa shape index (κ1) is 16.0. The van der Waals surface area contributed by atoms with Gasteiger partial charge in [0, 0.05) is 12.2 Å². The molecule has 2 amide bonds. The normalized spacial score (nSPS) is 12.2. The zero-order valence-electron chi connectivity index (χ0n) is 10.6. The quantitative estimate of drug-likeness (QED) is 0.513. The molecule has 0 fully saturated rings. The molecule has 0 rings (SSSR count). The van der Waals surface area contributed by atoms with E-state index < -0.39 is 18.0 Å². The third-order valence-electron chi connectivity index (χ3n) is 2.09. The molecule has 0 saturated heterocycles. The molecule has 3 N–H and O–H groups in total. The van der Waals surface area contributed by atoms with Crippen LogP contribution in [0.15, 0.2) is 12.2 Å². The average Bonchev–Trinajstić information content (AvgIpc) is 2.30. The number of carbonyl (C=O) groups is 3. The minimum atomic E-state index is -0.697. The van der Waals surface area contributed by atoms with E-state index in [1.54, 1.807) is 0 Å². The number of ether oxygens (including phenoxy) is 2. The highest BCUT2D eigenvalue weighted by Crippen LogP contribution is 2.02. The lowest BCUT2D eigenvalue weighted by atomic mass is 10.1. The van der Waals surface area contributed by atoms with Crippen molar-refractivity contribution in [3.63, 3.8) is 0 Å². The van der Waals surface area contributed by atoms with E-state index in [1.165, 1.54) is 7.11 Å². The number of rotatable bonds is 6. The summed E-state index contributed by atoms with van der Waals surface area (Å²) in [5.41, 5.74) is 4.99. The first-order valence-electron chi connectivity index (χ1n) is 5.35. The van der Waals surface area contributed by atoms with Crippen LogP contribution < -0.4 is 11.1 Å². The number of amides is 2. The van der Waals surface area contributed by atoms with E-state index in [0.29, 0.717) is 0 Å². The van der Waals surface area contributed by atoms with Crippen molar-refractivity contribution >= 4 is 18.0 Å². The molecule has 0 spiro atoms. The summed E-state index contributed by atoms with van der Waals surface area (Å²) in [4.78, 5) is 32.6. The molecule has 0 aliphatic rings. The Labute approximate surface area is 105 Å². The van der Waals surface area contributed by atoms with Crippen LogP contribution in [0.2, 0.25) is 0 Å². The molecule has 7 nitrogen and oxygen atoms in total. The maximum absolute atomic E-state index is 11.2. The Bertz CT molecular complexity index is 338. The topological polar surface area (TPSA) is 108 Å². The summed E-state index contributed by atoms with van der Waals surface area (Å²) in [7, 11) is 1.20. The number of urea groups is 1. The van der Waals surface area contributed by atoms with Gasteiger partial charge in [0.15, 0.2) is 0 Å². The van der Waals surface area contributed by atoms with E-state index in [9.17, 15) is 14.4 Å². The zero-order valence-corrected chi connectivity index (χ0v) is 10.6. The van der Waals surface area contributed by atoms with Crippen molar-refractivity contribution in [1.82, 2.24) is 5.32 Å². The van der Waals surface area contributed by atoms with E-state index in [2.05, 4.69) is 10.1 Å². The molecule has 18 heavy (non-hydrogen) atoms. The van der Waals surface area contributed by atoms with Crippen molar-refractivity contribution in [3.05, 3.63) is 12.2 Å². The summed E-state index contributed by atoms with van der Waals surface area (Å²) in [6.07, 6.45) is 1.90. The van der Waals surface area contributed by atoms with Crippen LogP contribution in [-0.2, 0) is 19.1 Å². The summed E-state index contributed by atoms with van der Waals surface area (Å²) in [5, 5.41) is 2.46. The van der Waals surface area contributed by atoms with E-state index in [-0.39, 0.29) is 18.6 Å². The van der Waals surface area contributed by atoms with E-state index >= 15 is 0 Å². The minimum Gasteiger partial charge on any atom is -0.466 e. The van der Waals surface area contributed by atoms with Crippen LogP contribution in [0, 0.1) is 5.92 Å². The highest BCUT2D eigenvalue weighted by atomic mass is 16.5. The lowest BCUT2D eigenvalue weighted by Crippen LogP contribution is -2.44. The first-order valence-corrected chi connectivity index (χ1v) is 5.35. The van der Waals surface area contributed by atoms with Crippen molar-refractivity contribution in [2.45, 2.75) is 19.9 Å². The van der Waals surface area contributed by atoms with E-state index in [4.69, 9.17) is 10.5 Å². The van der Waals surface area contributed by atoms with Gasteiger partial charge in [0.25, 0.3) is 0 Å². The monoisotopic (exact) mass is 258 g/mol. The summed E-state index contributed by atoms with van der Waals surface area (Å²) >= 11 is 0. The summed E-state index contributed by atoms with van der Waals surface area (Å²) < 4.78 is 9.17. The number of primary amides is 1. The van der Waals surface area contributed by atoms with Crippen molar-refractivity contribution in [2.24, 2.45) is 11.7 Å². The van der Waals surface area contributed by atoms with Gasteiger partial charge in [-0.2, -0.15) is 0 Å². The lowest BCUT2D eigenvalue weighted by molar-refractivity contribution is -0.140. The molecule has 7 heteroatoms. The second-order valence-corrected chi connectivity index (χ2v) is 3.85. The summed E-state index contributed by atoms with van der Waals surface area (Å²) in [6.45, 7) is 3.67. The van der Waals surface area contributed by atoms with Crippen LogP contribution in [0.4, 0.5) is 4.79 Å². The van der Waals surface area contributed by atoms with Gasteiger partial charge in [-0.15, -0.1) is 0 Å². The van der Waals surface area contributed by atoms with Crippen molar-refractivity contribution in [3.8, 4) is 0 Å². The third kappa shape index (κ3) is 7.26. The van der Waals surface area contributed by atoms with Gasteiger partial charge in [0.2, 0.25) is 0 Å². The number of carbonyl (C=O) groups excluding carboxylic acids is 3. The first-order chi connectivity index (χ1) is 8.36. The molecule has 1 atom stereocenters. The number of nitrogens with one attached hydrogen (secondary N) is 1. The van der Waals surface area contributed by atoms with E-state index in [1.807, 2.05) is 13.8 Å². The van der Waals surface area contributed by atoms with Crippen molar-refractivity contribution in [1.29, 1.82) is 0 Å². The number of methoxy groups -OCH3 is 1. The molecular weight excluding hydrogens is 240 g/mol. The Balaban J connectivity index is 4.19. The molecule has 0 aromatic heterocycles. The van der Waals surface area contributed by atoms with Gasteiger partial charge in [-0.05, 0) is 5.92 Å². The SMILES string of the molecule is COC(=O)/C=C/C(=O)OC[C@@H](NC(N)=O)C(C)C. The largest absolute Gasteiger partial charge is 0.466 e. The molecule has 0 aliphatic carbocycles. The maximum atomic E-state index is 11.2. The smallest absolute Gasteiger partial charge is 0.331 e.